The zero-order chi connectivity index (χ0) is 16.6. The van der Waals surface area contributed by atoms with Crippen molar-refractivity contribution in [1.82, 2.24) is 5.01 Å². The van der Waals surface area contributed by atoms with Gasteiger partial charge in [0.1, 0.15) is 6.54 Å². The van der Waals surface area contributed by atoms with Crippen LogP contribution in [0.4, 0.5) is 13.2 Å². The van der Waals surface area contributed by atoms with Gasteiger partial charge in [0.2, 0.25) is 0 Å². The van der Waals surface area contributed by atoms with Crippen molar-refractivity contribution in [3.8, 4) is 0 Å². The number of allylic oxidation sites excluding steroid dienone is 2. The number of alkyl halides is 3. The van der Waals surface area contributed by atoms with Crippen molar-refractivity contribution in [3.05, 3.63) is 11.6 Å². The maximum Gasteiger partial charge on any atom is 0.407 e. The Morgan fingerprint density at radius 2 is 1.76 bits per heavy atom. The standard InChI is InChI=1S/C16H29F3N2/c1-7-15(10-8-9-12(2)3)14(6)21(20-13(4)5)11-16(17,18)19/h9,14-15H,7-8,10-11H2,1-6H3. The topological polar surface area (TPSA) is 15.6 Å². The highest BCUT2D eigenvalue weighted by Gasteiger charge is 2.34. The van der Waals surface area contributed by atoms with Crippen molar-refractivity contribution < 1.29 is 13.2 Å². The molecule has 0 radical (unpaired) electrons. The van der Waals surface area contributed by atoms with E-state index in [1.54, 1.807) is 13.8 Å². The van der Waals surface area contributed by atoms with Crippen LogP contribution in [0.5, 0.6) is 0 Å². The lowest BCUT2D eigenvalue weighted by atomic mass is 9.92. The molecule has 0 spiro atoms. The highest BCUT2D eigenvalue weighted by Crippen LogP contribution is 2.25. The summed E-state index contributed by atoms with van der Waals surface area (Å²) in [7, 11) is 0. The minimum Gasteiger partial charge on any atom is -0.285 e. The van der Waals surface area contributed by atoms with E-state index in [1.165, 1.54) is 10.6 Å². The number of nitrogens with zero attached hydrogens (tertiary/aromatic N) is 2. The SMILES string of the molecule is CCC(CCC=C(C)C)C(C)N(CC(F)(F)F)N=C(C)C. The van der Waals surface area contributed by atoms with Gasteiger partial charge in [-0.2, -0.15) is 18.3 Å². The number of hydrogen-bond acceptors (Lipinski definition) is 2. The van der Waals surface area contributed by atoms with E-state index in [9.17, 15) is 13.2 Å². The van der Waals surface area contributed by atoms with Crippen LogP contribution in [0, 0.1) is 5.92 Å². The second-order valence-electron chi connectivity index (χ2n) is 6.03. The second kappa shape index (κ2) is 9.11. The fourth-order valence-corrected chi connectivity index (χ4v) is 2.33. The third kappa shape index (κ3) is 9.53. The highest BCUT2D eigenvalue weighted by atomic mass is 19.4. The Morgan fingerprint density at radius 3 is 2.14 bits per heavy atom. The molecule has 124 valence electrons. The molecule has 0 aliphatic heterocycles. The molecule has 0 aromatic carbocycles. The summed E-state index contributed by atoms with van der Waals surface area (Å²) in [5, 5.41) is 5.29. The van der Waals surface area contributed by atoms with Crippen LogP contribution < -0.4 is 0 Å². The third-order valence-electron chi connectivity index (χ3n) is 3.44. The molecule has 2 nitrogen and oxygen atoms in total. The van der Waals surface area contributed by atoms with Crippen LogP contribution in [0.15, 0.2) is 16.8 Å². The highest BCUT2D eigenvalue weighted by molar-refractivity contribution is 5.78. The Hall–Kier alpha value is -1.00. The van der Waals surface area contributed by atoms with Crippen molar-refractivity contribution in [2.75, 3.05) is 6.54 Å². The number of hydrazone groups is 1. The maximum absolute atomic E-state index is 12.7. The predicted molar refractivity (Wildman–Crippen MR) is 83.5 cm³/mol. The molecule has 0 amide bonds. The fraction of sp³-hybridized carbons (Fsp3) is 0.812. The van der Waals surface area contributed by atoms with E-state index in [0.717, 1.165) is 19.3 Å². The zero-order valence-electron chi connectivity index (χ0n) is 14.1. The minimum absolute atomic E-state index is 0.200. The number of hydrogen-bond donors (Lipinski definition) is 0. The molecule has 0 aliphatic carbocycles. The molecule has 2 atom stereocenters. The molecule has 0 aromatic heterocycles. The van der Waals surface area contributed by atoms with E-state index < -0.39 is 12.7 Å². The maximum atomic E-state index is 12.7. The quantitative estimate of drug-likeness (QED) is 0.333. The molecule has 5 heteroatoms. The second-order valence-corrected chi connectivity index (χ2v) is 6.03. The third-order valence-corrected chi connectivity index (χ3v) is 3.44. The van der Waals surface area contributed by atoms with Gasteiger partial charge >= 0.3 is 6.18 Å². The summed E-state index contributed by atoms with van der Waals surface area (Å²) in [5.41, 5.74) is 1.89. The first-order valence-corrected chi connectivity index (χ1v) is 7.55. The van der Waals surface area contributed by atoms with Crippen LogP contribution in [0.1, 0.15) is 60.8 Å². The van der Waals surface area contributed by atoms with Crippen molar-refractivity contribution >= 4 is 5.71 Å². The lowest BCUT2D eigenvalue weighted by Crippen LogP contribution is -2.41. The molecule has 2 unspecified atom stereocenters. The Labute approximate surface area is 127 Å². The lowest BCUT2D eigenvalue weighted by Gasteiger charge is -2.33. The average Bonchev–Trinajstić information content (AvgIpc) is 2.30. The molecule has 0 saturated carbocycles. The molecule has 0 saturated heterocycles. The van der Waals surface area contributed by atoms with E-state index in [-0.39, 0.29) is 12.0 Å². The summed E-state index contributed by atoms with van der Waals surface area (Å²) in [6, 6.07) is -0.225. The van der Waals surface area contributed by atoms with Gasteiger partial charge in [0.05, 0.1) is 0 Å². The van der Waals surface area contributed by atoms with Crippen LogP contribution >= 0.6 is 0 Å². The van der Waals surface area contributed by atoms with Gasteiger partial charge in [-0.3, -0.25) is 5.01 Å². The molecule has 21 heavy (non-hydrogen) atoms. The Balaban J connectivity index is 4.92. The molecule has 0 rings (SSSR count). The largest absolute Gasteiger partial charge is 0.407 e. The van der Waals surface area contributed by atoms with Crippen LogP contribution in [0.2, 0.25) is 0 Å². The predicted octanol–water partition coefficient (Wildman–Crippen LogP) is 5.41. The van der Waals surface area contributed by atoms with E-state index >= 15 is 0 Å². The smallest absolute Gasteiger partial charge is 0.285 e. The van der Waals surface area contributed by atoms with E-state index in [2.05, 4.69) is 11.2 Å². The van der Waals surface area contributed by atoms with Crippen LogP contribution in [0.25, 0.3) is 0 Å². The van der Waals surface area contributed by atoms with Gasteiger partial charge in [-0.05, 0) is 53.4 Å². The van der Waals surface area contributed by atoms with Gasteiger partial charge in [0, 0.05) is 11.8 Å². The molecule has 0 bridgehead atoms. The first kappa shape index (κ1) is 20.0. The summed E-state index contributed by atoms with van der Waals surface area (Å²) in [6.07, 6.45) is 0.545. The Bertz CT molecular complexity index is 351. The first-order valence-electron chi connectivity index (χ1n) is 7.55. The summed E-state index contributed by atoms with van der Waals surface area (Å²) < 4.78 is 38.2. The van der Waals surface area contributed by atoms with Crippen LogP contribution in [0.3, 0.4) is 0 Å². The molecular weight excluding hydrogens is 277 g/mol. The van der Waals surface area contributed by atoms with Crippen molar-refractivity contribution in [3.63, 3.8) is 0 Å². The summed E-state index contributed by atoms with van der Waals surface area (Å²) >= 11 is 0. The monoisotopic (exact) mass is 306 g/mol. The van der Waals surface area contributed by atoms with Gasteiger partial charge in [-0.25, -0.2) is 0 Å². The van der Waals surface area contributed by atoms with Crippen molar-refractivity contribution in [1.29, 1.82) is 0 Å². The van der Waals surface area contributed by atoms with Gasteiger partial charge < -0.3 is 0 Å². The van der Waals surface area contributed by atoms with Crippen molar-refractivity contribution in [2.24, 2.45) is 11.0 Å². The molecule has 0 fully saturated rings. The summed E-state index contributed by atoms with van der Waals surface area (Å²) in [5.74, 6) is 0.200. The zero-order valence-corrected chi connectivity index (χ0v) is 14.1. The van der Waals surface area contributed by atoms with Gasteiger partial charge in [0.25, 0.3) is 0 Å². The Kier molecular flexibility index (Phi) is 8.67. The van der Waals surface area contributed by atoms with Gasteiger partial charge in [-0.15, -0.1) is 0 Å². The Morgan fingerprint density at radius 1 is 1.19 bits per heavy atom. The van der Waals surface area contributed by atoms with E-state index in [0.29, 0.717) is 5.71 Å². The molecule has 0 heterocycles. The van der Waals surface area contributed by atoms with E-state index in [4.69, 9.17) is 0 Å². The van der Waals surface area contributed by atoms with E-state index in [1.807, 2.05) is 27.7 Å². The van der Waals surface area contributed by atoms with Gasteiger partial charge in [0.15, 0.2) is 0 Å². The fourth-order valence-electron chi connectivity index (χ4n) is 2.33. The number of rotatable bonds is 8. The summed E-state index contributed by atoms with van der Waals surface area (Å²) in [6.45, 7) is 10.4. The lowest BCUT2D eigenvalue weighted by molar-refractivity contribution is -0.152. The molecule has 0 N–H and O–H groups in total. The van der Waals surface area contributed by atoms with Crippen molar-refractivity contribution in [2.45, 2.75) is 73.0 Å². The minimum atomic E-state index is -4.23. The molecule has 0 aliphatic rings. The molecule has 0 aromatic rings. The molecular formula is C16H29F3N2. The first-order chi connectivity index (χ1) is 9.56. The number of halogens is 3. The van der Waals surface area contributed by atoms with Gasteiger partial charge in [-0.1, -0.05) is 25.0 Å². The van der Waals surface area contributed by atoms with Crippen LogP contribution in [-0.4, -0.2) is 29.5 Å². The van der Waals surface area contributed by atoms with Crippen LogP contribution in [-0.2, 0) is 0 Å². The average molecular weight is 306 g/mol. The normalized spacial score (nSPS) is 14.3. The summed E-state index contributed by atoms with van der Waals surface area (Å²) in [4.78, 5) is 0.